The normalized spacial score (nSPS) is 26.4. The van der Waals surface area contributed by atoms with Crippen LogP contribution in [0.2, 0.25) is 0 Å². The highest BCUT2D eigenvalue weighted by molar-refractivity contribution is 5.83. The summed E-state index contributed by atoms with van der Waals surface area (Å²) in [6.45, 7) is -0.681. The van der Waals surface area contributed by atoms with Crippen LogP contribution in [0.3, 0.4) is 0 Å². The molecule has 2 aromatic rings. The molecule has 2 heterocycles. The third-order valence-corrected chi connectivity index (χ3v) is 3.25. The molecule has 1 N–H and O–H groups in total. The van der Waals surface area contributed by atoms with Gasteiger partial charge in [-0.05, 0) is 37.5 Å². The number of benzene rings is 1. The zero-order valence-electron chi connectivity index (χ0n) is 11.5. The molecule has 0 amide bonds. The van der Waals surface area contributed by atoms with E-state index in [1.165, 1.54) is 10.9 Å². The fourth-order valence-corrected chi connectivity index (χ4v) is 2.45. The van der Waals surface area contributed by atoms with Crippen molar-refractivity contribution in [1.82, 2.24) is 9.88 Å². The van der Waals surface area contributed by atoms with Gasteiger partial charge in [-0.15, -0.1) is 0 Å². The number of hydrogen-bond acceptors (Lipinski definition) is 1. The van der Waals surface area contributed by atoms with Gasteiger partial charge in [-0.2, -0.15) is 0 Å². The van der Waals surface area contributed by atoms with Gasteiger partial charge in [0.15, 0.2) is 0 Å². The van der Waals surface area contributed by atoms with Crippen molar-refractivity contribution in [3.63, 3.8) is 0 Å². The Labute approximate surface area is 94.1 Å². The van der Waals surface area contributed by atoms with E-state index in [2.05, 4.69) is 17.1 Å². The highest BCUT2D eigenvalue weighted by Gasteiger charge is 2.23. The predicted molar refractivity (Wildman–Crippen MR) is 63.2 cm³/mol. The molecule has 1 aliphatic heterocycles. The number of para-hydroxylation sites is 1. The zero-order valence-corrected chi connectivity index (χ0v) is 8.53. The third kappa shape index (κ3) is 1.45. The van der Waals surface area contributed by atoms with Crippen molar-refractivity contribution in [2.45, 2.75) is 12.3 Å². The van der Waals surface area contributed by atoms with Crippen LogP contribution in [0.1, 0.15) is 22.0 Å². The van der Waals surface area contributed by atoms with E-state index in [1.807, 2.05) is 18.3 Å². The highest BCUT2D eigenvalue weighted by Crippen LogP contribution is 2.31. The Balaban J connectivity index is 1.89. The van der Waals surface area contributed by atoms with Gasteiger partial charge >= 0.3 is 0 Å². The summed E-state index contributed by atoms with van der Waals surface area (Å²) in [5, 5.41) is 1.22. The molecule has 0 bridgehead atoms. The number of nitrogens with one attached hydrogen (secondary N) is 1. The predicted octanol–water partition coefficient (Wildman–Crippen LogP) is 2.59. The topological polar surface area (TPSA) is 19.0 Å². The molecule has 1 aliphatic rings. The highest BCUT2D eigenvalue weighted by atomic mass is 15.1. The number of likely N-dealkylation sites (N-methyl/N-ethyl adjacent to an activating group) is 1. The monoisotopic (exact) mass is 203 g/mol. The summed E-state index contributed by atoms with van der Waals surface area (Å²) in [5.41, 5.74) is 2.37. The van der Waals surface area contributed by atoms with Gasteiger partial charge in [-0.1, -0.05) is 18.2 Å². The summed E-state index contributed by atoms with van der Waals surface area (Å²) in [5.74, 6) is 0.321. The van der Waals surface area contributed by atoms with Crippen molar-refractivity contribution < 1.29 is 4.11 Å². The molecule has 1 fully saturated rings. The Kier molecular flexibility index (Phi) is 1.43. The van der Waals surface area contributed by atoms with Gasteiger partial charge in [0.05, 0.1) is 0 Å². The Bertz CT molecular complexity index is 559. The fourth-order valence-electron chi connectivity index (χ4n) is 2.45. The second-order valence-electron chi connectivity index (χ2n) is 4.22. The Morgan fingerprint density at radius 3 is 3.27 bits per heavy atom. The fraction of sp³-hybridized carbons (Fsp3) is 0.385. The minimum atomic E-state index is -1.96. The molecule has 0 radical (unpaired) electrons. The third-order valence-electron chi connectivity index (χ3n) is 3.25. The molecule has 15 heavy (non-hydrogen) atoms. The summed E-state index contributed by atoms with van der Waals surface area (Å²) in [4.78, 5) is 4.86. The van der Waals surface area contributed by atoms with Crippen LogP contribution in [-0.4, -0.2) is 29.9 Å². The molecule has 2 heteroatoms. The Morgan fingerprint density at radius 1 is 1.47 bits per heavy atom. The number of nitrogens with zero attached hydrogens (tertiary/aromatic N) is 1. The SMILES string of the molecule is [2H]C([2H])([2H])N1CCC(c2c[nH]c3ccccc23)C1. The Morgan fingerprint density at radius 2 is 2.40 bits per heavy atom. The molecule has 1 aromatic heterocycles. The minimum Gasteiger partial charge on any atom is -0.361 e. The van der Waals surface area contributed by atoms with E-state index in [1.54, 1.807) is 4.90 Å². The molecule has 0 saturated carbocycles. The number of hydrogen-bond donors (Lipinski definition) is 1. The zero-order chi connectivity index (χ0) is 12.8. The number of aromatic nitrogens is 1. The number of fused-ring (bicyclic) bond motifs is 1. The first kappa shape index (κ1) is 6.33. The number of likely N-dealkylation sites (tertiary alicyclic amines) is 1. The molecule has 1 aromatic carbocycles. The number of aromatic amines is 1. The molecule has 1 atom stereocenters. The molecule has 3 rings (SSSR count). The molecule has 1 unspecified atom stereocenters. The maximum atomic E-state index is 7.46. The lowest BCUT2D eigenvalue weighted by molar-refractivity contribution is 0.412. The average molecular weight is 203 g/mol. The van der Waals surface area contributed by atoms with Crippen LogP contribution in [0.25, 0.3) is 10.9 Å². The van der Waals surface area contributed by atoms with Crippen LogP contribution in [-0.2, 0) is 0 Å². The molecular formula is C13H16N2. The largest absolute Gasteiger partial charge is 0.361 e. The standard InChI is InChI=1S/C13H16N2/c1-15-7-6-10(9-15)12-8-14-13-5-3-2-4-11(12)13/h2-5,8,10,14H,6-7,9H2,1H3/i1D3. The van der Waals surface area contributed by atoms with Crippen molar-refractivity contribution in [3.8, 4) is 0 Å². The van der Waals surface area contributed by atoms with E-state index in [4.69, 9.17) is 4.11 Å². The molecule has 0 spiro atoms. The van der Waals surface area contributed by atoms with Crippen LogP contribution < -0.4 is 0 Å². The van der Waals surface area contributed by atoms with Crippen molar-refractivity contribution in [3.05, 3.63) is 36.0 Å². The lowest BCUT2D eigenvalue weighted by atomic mass is 9.98. The van der Waals surface area contributed by atoms with E-state index in [0.717, 1.165) is 11.9 Å². The van der Waals surface area contributed by atoms with Gasteiger partial charge in [0, 0.05) is 27.8 Å². The van der Waals surface area contributed by atoms with Crippen molar-refractivity contribution in [1.29, 1.82) is 0 Å². The van der Waals surface area contributed by atoms with E-state index in [9.17, 15) is 0 Å². The summed E-state index contributed by atoms with van der Waals surface area (Å²) in [6, 6.07) is 8.18. The second kappa shape index (κ2) is 3.38. The molecule has 1 saturated heterocycles. The number of H-pyrrole nitrogens is 1. The van der Waals surface area contributed by atoms with Crippen LogP contribution in [0.15, 0.2) is 30.5 Å². The second-order valence-corrected chi connectivity index (χ2v) is 4.22. The quantitative estimate of drug-likeness (QED) is 0.754. The maximum absolute atomic E-state index is 7.46. The summed E-state index contributed by atoms with van der Waals surface area (Å²) in [6.07, 6.45) is 2.94. The van der Waals surface area contributed by atoms with Crippen molar-refractivity contribution >= 4 is 10.9 Å². The molecular weight excluding hydrogens is 184 g/mol. The van der Waals surface area contributed by atoms with Crippen LogP contribution in [0.5, 0.6) is 0 Å². The van der Waals surface area contributed by atoms with Gasteiger partial charge in [0.2, 0.25) is 0 Å². The van der Waals surface area contributed by atoms with Gasteiger partial charge in [-0.25, -0.2) is 0 Å². The lowest BCUT2D eigenvalue weighted by Gasteiger charge is -2.09. The average Bonchev–Trinajstić information content (AvgIpc) is 2.94. The first-order chi connectivity index (χ1) is 8.55. The molecule has 78 valence electrons. The molecule has 2 nitrogen and oxygen atoms in total. The van der Waals surface area contributed by atoms with Crippen LogP contribution >= 0.6 is 0 Å². The van der Waals surface area contributed by atoms with E-state index in [0.29, 0.717) is 19.0 Å². The summed E-state index contributed by atoms with van der Waals surface area (Å²) < 4.78 is 22.4. The molecule has 0 aliphatic carbocycles. The van der Waals surface area contributed by atoms with Crippen molar-refractivity contribution in [2.24, 2.45) is 0 Å². The van der Waals surface area contributed by atoms with Gasteiger partial charge in [0.1, 0.15) is 0 Å². The van der Waals surface area contributed by atoms with Gasteiger partial charge in [0.25, 0.3) is 0 Å². The van der Waals surface area contributed by atoms with Crippen LogP contribution in [0, 0.1) is 0 Å². The van der Waals surface area contributed by atoms with Crippen molar-refractivity contribution in [2.75, 3.05) is 20.1 Å². The van der Waals surface area contributed by atoms with E-state index < -0.39 is 6.98 Å². The van der Waals surface area contributed by atoms with E-state index >= 15 is 0 Å². The van der Waals surface area contributed by atoms with Gasteiger partial charge in [-0.3, -0.25) is 0 Å². The summed E-state index contributed by atoms with van der Waals surface area (Å²) in [7, 11) is 0. The van der Waals surface area contributed by atoms with E-state index in [-0.39, 0.29) is 0 Å². The first-order valence-corrected chi connectivity index (χ1v) is 5.37. The lowest BCUT2D eigenvalue weighted by Crippen LogP contribution is -2.13. The van der Waals surface area contributed by atoms with Gasteiger partial charge < -0.3 is 9.88 Å². The number of rotatable bonds is 1. The minimum absolute atomic E-state index is 0.321. The maximum Gasteiger partial charge on any atom is 0.0456 e. The first-order valence-electron chi connectivity index (χ1n) is 6.87. The summed E-state index contributed by atoms with van der Waals surface area (Å²) >= 11 is 0. The Hall–Kier alpha value is -1.28. The van der Waals surface area contributed by atoms with Crippen LogP contribution in [0.4, 0.5) is 0 Å². The smallest absolute Gasteiger partial charge is 0.0456 e.